The Bertz CT molecular complexity index is 409. The minimum Gasteiger partial charge on any atom is -0.348 e. The number of carbonyl (C=O) groups excluding carboxylic acids is 1. The Morgan fingerprint density at radius 3 is 2.65 bits per heavy atom. The second-order valence-corrected chi connectivity index (χ2v) is 5.76. The molecule has 0 heterocycles. The number of hydrogen-bond acceptors (Lipinski definition) is 2. The van der Waals surface area contributed by atoms with Crippen LogP contribution in [-0.2, 0) is 0 Å². The number of nitrogens with two attached hydrogens (primary N) is 1. The van der Waals surface area contributed by atoms with Gasteiger partial charge in [-0.05, 0) is 46.7 Å². The van der Waals surface area contributed by atoms with Gasteiger partial charge in [-0.25, -0.2) is 0 Å². The predicted molar refractivity (Wildman–Crippen MR) is 79.3 cm³/mol. The Morgan fingerprint density at radius 1 is 1.53 bits per heavy atom. The highest BCUT2D eigenvalue weighted by molar-refractivity contribution is 14.1. The number of carbonyl (C=O) groups is 1. The minimum atomic E-state index is -0.132. The van der Waals surface area contributed by atoms with Crippen molar-refractivity contribution in [2.75, 3.05) is 6.54 Å². The number of amides is 1. The van der Waals surface area contributed by atoms with Gasteiger partial charge in [-0.2, -0.15) is 0 Å². The lowest BCUT2D eigenvalue weighted by Gasteiger charge is -2.20. The van der Waals surface area contributed by atoms with E-state index in [0.717, 1.165) is 3.57 Å². The first-order valence-electron chi connectivity index (χ1n) is 5.41. The summed E-state index contributed by atoms with van der Waals surface area (Å²) in [5.41, 5.74) is 6.18. The van der Waals surface area contributed by atoms with E-state index in [1.54, 1.807) is 12.1 Å². The van der Waals surface area contributed by atoms with Crippen molar-refractivity contribution in [1.29, 1.82) is 0 Å². The van der Waals surface area contributed by atoms with Gasteiger partial charge in [0.05, 0.1) is 5.02 Å². The van der Waals surface area contributed by atoms with Gasteiger partial charge in [0.15, 0.2) is 0 Å². The fourth-order valence-corrected chi connectivity index (χ4v) is 1.90. The molecule has 0 fully saturated rings. The maximum Gasteiger partial charge on any atom is 0.251 e. The molecule has 3 N–H and O–H groups in total. The first-order chi connectivity index (χ1) is 7.95. The minimum absolute atomic E-state index is 0.0134. The molecule has 0 aliphatic carbocycles. The van der Waals surface area contributed by atoms with Crippen molar-refractivity contribution in [3.05, 3.63) is 32.4 Å². The van der Waals surface area contributed by atoms with Crippen LogP contribution in [-0.4, -0.2) is 18.5 Å². The Hall–Kier alpha value is -0.330. The van der Waals surface area contributed by atoms with Crippen LogP contribution in [0.1, 0.15) is 24.2 Å². The number of benzene rings is 1. The van der Waals surface area contributed by atoms with Gasteiger partial charge in [-0.15, -0.1) is 0 Å². The third kappa shape index (κ3) is 4.12. The molecular weight excluding hydrogens is 351 g/mol. The fraction of sp³-hybridized carbons (Fsp3) is 0.417. The molecule has 1 aromatic carbocycles. The summed E-state index contributed by atoms with van der Waals surface area (Å²) in [6.45, 7) is 4.49. The molecular formula is C12H16ClIN2O. The first-order valence-corrected chi connectivity index (χ1v) is 6.87. The summed E-state index contributed by atoms with van der Waals surface area (Å²) in [4.78, 5) is 12.0. The van der Waals surface area contributed by atoms with Crippen molar-refractivity contribution < 1.29 is 4.79 Å². The third-order valence-corrected chi connectivity index (χ3v) is 4.13. The second-order valence-electron chi connectivity index (χ2n) is 4.19. The van der Waals surface area contributed by atoms with Gasteiger partial charge in [0, 0.05) is 21.7 Å². The zero-order chi connectivity index (χ0) is 13.0. The van der Waals surface area contributed by atoms with Crippen LogP contribution in [0, 0.1) is 9.49 Å². The lowest BCUT2D eigenvalue weighted by Crippen LogP contribution is -2.43. The van der Waals surface area contributed by atoms with E-state index in [-0.39, 0.29) is 11.9 Å². The quantitative estimate of drug-likeness (QED) is 0.805. The summed E-state index contributed by atoms with van der Waals surface area (Å²) in [5.74, 6) is 0.177. The summed E-state index contributed by atoms with van der Waals surface area (Å²) in [7, 11) is 0. The molecule has 17 heavy (non-hydrogen) atoms. The fourth-order valence-electron chi connectivity index (χ4n) is 1.39. The van der Waals surface area contributed by atoms with E-state index in [0.29, 0.717) is 23.0 Å². The first kappa shape index (κ1) is 14.7. The van der Waals surface area contributed by atoms with Crippen LogP contribution < -0.4 is 11.1 Å². The van der Waals surface area contributed by atoms with Gasteiger partial charge in [0.1, 0.15) is 0 Å². The standard InChI is InChI=1S/C12H16ClIN2O/c1-7(2)11(6-15)16-12(17)8-3-4-10(14)9(13)5-8/h3-5,7,11H,6,15H2,1-2H3,(H,16,17). The molecule has 1 atom stereocenters. The Balaban J connectivity index is 2.79. The van der Waals surface area contributed by atoms with Crippen LogP contribution in [0.25, 0.3) is 0 Å². The van der Waals surface area contributed by atoms with E-state index in [4.69, 9.17) is 17.3 Å². The maximum absolute atomic E-state index is 12.0. The van der Waals surface area contributed by atoms with Crippen molar-refractivity contribution in [2.45, 2.75) is 19.9 Å². The zero-order valence-corrected chi connectivity index (χ0v) is 12.7. The van der Waals surface area contributed by atoms with Crippen LogP contribution in [0.15, 0.2) is 18.2 Å². The molecule has 0 radical (unpaired) electrons. The summed E-state index contributed by atoms with van der Waals surface area (Å²) >= 11 is 8.10. The highest BCUT2D eigenvalue weighted by Crippen LogP contribution is 2.19. The number of rotatable bonds is 4. The molecule has 1 unspecified atom stereocenters. The Kier molecular flexibility index (Phi) is 5.69. The molecule has 0 saturated heterocycles. The molecule has 1 rings (SSSR count). The molecule has 3 nitrogen and oxygen atoms in total. The van der Waals surface area contributed by atoms with E-state index in [9.17, 15) is 4.79 Å². The number of nitrogens with one attached hydrogen (secondary N) is 1. The molecule has 1 amide bonds. The summed E-state index contributed by atoms with van der Waals surface area (Å²) < 4.78 is 0.931. The van der Waals surface area contributed by atoms with Crippen molar-refractivity contribution in [2.24, 2.45) is 11.7 Å². The van der Waals surface area contributed by atoms with Crippen LogP contribution in [0.5, 0.6) is 0 Å². The van der Waals surface area contributed by atoms with Gasteiger partial charge < -0.3 is 11.1 Å². The van der Waals surface area contributed by atoms with E-state index in [2.05, 4.69) is 27.9 Å². The largest absolute Gasteiger partial charge is 0.348 e. The summed E-state index contributed by atoms with van der Waals surface area (Å²) in [5, 5.41) is 3.49. The predicted octanol–water partition coefficient (Wildman–Crippen LogP) is 2.66. The van der Waals surface area contributed by atoms with Crippen LogP contribution in [0.4, 0.5) is 0 Å². The summed E-state index contributed by atoms with van der Waals surface area (Å²) in [6.07, 6.45) is 0. The average Bonchev–Trinajstić information content (AvgIpc) is 2.28. The highest BCUT2D eigenvalue weighted by Gasteiger charge is 2.16. The topological polar surface area (TPSA) is 55.1 Å². The molecule has 5 heteroatoms. The molecule has 0 bridgehead atoms. The normalized spacial score (nSPS) is 12.6. The summed E-state index contributed by atoms with van der Waals surface area (Å²) in [6, 6.07) is 5.24. The lowest BCUT2D eigenvalue weighted by molar-refractivity contribution is 0.0927. The third-order valence-electron chi connectivity index (χ3n) is 2.56. The zero-order valence-electron chi connectivity index (χ0n) is 9.84. The van der Waals surface area contributed by atoms with Gasteiger partial charge in [0.25, 0.3) is 5.91 Å². The van der Waals surface area contributed by atoms with Crippen molar-refractivity contribution >= 4 is 40.1 Å². The van der Waals surface area contributed by atoms with E-state index in [1.165, 1.54) is 0 Å². The molecule has 0 aromatic heterocycles. The van der Waals surface area contributed by atoms with Crippen molar-refractivity contribution in [3.8, 4) is 0 Å². The van der Waals surface area contributed by atoms with Gasteiger partial charge >= 0.3 is 0 Å². The molecule has 1 aromatic rings. The van der Waals surface area contributed by atoms with Gasteiger partial charge in [-0.3, -0.25) is 4.79 Å². The van der Waals surface area contributed by atoms with Crippen LogP contribution >= 0.6 is 34.2 Å². The highest BCUT2D eigenvalue weighted by atomic mass is 127. The molecule has 0 spiro atoms. The average molecular weight is 367 g/mol. The van der Waals surface area contributed by atoms with Crippen molar-refractivity contribution in [3.63, 3.8) is 0 Å². The smallest absolute Gasteiger partial charge is 0.251 e. The molecule has 0 aliphatic rings. The lowest BCUT2D eigenvalue weighted by atomic mass is 10.0. The maximum atomic E-state index is 12.0. The second kappa shape index (κ2) is 6.56. The molecule has 0 aliphatic heterocycles. The van der Waals surface area contributed by atoms with Gasteiger partial charge in [-0.1, -0.05) is 25.4 Å². The van der Waals surface area contributed by atoms with Gasteiger partial charge in [0.2, 0.25) is 0 Å². The molecule has 0 saturated carbocycles. The number of hydrogen-bond donors (Lipinski definition) is 2. The number of halogens is 2. The van der Waals surface area contributed by atoms with E-state index >= 15 is 0 Å². The van der Waals surface area contributed by atoms with E-state index < -0.39 is 0 Å². The Morgan fingerprint density at radius 2 is 2.18 bits per heavy atom. The SMILES string of the molecule is CC(C)C(CN)NC(=O)c1ccc(I)c(Cl)c1. The van der Waals surface area contributed by atoms with Crippen molar-refractivity contribution in [1.82, 2.24) is 5.32 Å². The Labute approximate surface area is 120 Å². The molecule has 94 valence electrons. The monoisotopic (exact) mass is 366 g/mol. The van der Waals surface area contributed by atoms with E-state index in [1.807, 2.05) is 19.9 Å². The van der Waals surface area contributed by atoms with Crippen LogP contribution in [0.2, 0.25) is 5.02 Å². The van der Waals surface area contributed by atoms with Crippen LogP contribution in [0.3, 0.4) is 0 Å².